The van der Waals surface area contributed by atoms with E-state index in [1.54, 1.807) is 37.4 Å². The van der Waals surface area contributed by atoms with E-state index in [0.29, 0.717) is 23.8 Å². The lowest BCUT2D eigenvalue weighted by molar-refractivity contribution is -0.115. The van der Waals surface area contributed by atoms with Gasteiger partial charge in [-0.15, -0.1) is 30.4 Å². The molecular weight excluding hydrogens is 482 g/mol. The van der Waals surface area contributed by atoms with E-state index in [-0.39, 0.29) is 47.7 Å². The van der Waals surface area contributed by atoms with Crippen LogP contribution < -0.4 is 16.0 Å². The highest BCUT2D eigenvalue weighted by molar-refractivity contribution is 14.0. The van der Waals surface area contributed by atoms with Crippen molar-refractivity contribution in [1.82, 2.24) is 10.6 Å². The average molecular weight is 506 g/mol. The molecule has 0 unspecified atom stereocenters. The van der Waals surface area contributed by atoms with Crippen molar-refractivity contribution in [2.45, 2.75) is 18.3 Å². The number of carbonyl (C=O) groups excluding carboxylic acids is 1. The van der Waals surface area contributed by atoms with Crippen LogP contribution in [0.3, 0.4) is 0 Å². The van der Waals surface area contributed by atoms with Crippen molar-refractivity contribution >= 4 is 41.5 Å². The Bertz CT molecular complexity index is 934. The van der Waals surface area contributed by atoms with Gasteiger partial charge in [0.2, 0.25) is 5.91 Å². The average Bonchev–Trinajstić information content (AvgIpc) is 3.49. The van der Waals surface area contributed by atoms with Crippen molar-refractivity contribution < 1.29 is 9.18 Å². The van der Waals surface area contributed by atoms with Crippen LogP contribution in [0.4, 0.5) is 10.1 Å². The van der Waals surface area contributed by atoms with Crippen molar-refractivity contribution in [2.75, 3.05) is 25.5 Å². The monoisotopic (exact) mass is 506 g/mol. The Labute approximate surface area is 187 Å². The summed E-state index contributed by atoms with van der Waals surface area (Å²) in [6.07, 6.45) is 7.21. The smallest absolute Gasteiger partial charge is 0.243 e. The minimum atomic E-state index is -0.215. The summed E-state index contributed by atoms with van der Waals surface area (Å²) in [4.78, 5) is 16.3. The summed E-state index contributed by atoms with van der Waals surface area (Å²) in [5.74, 6) is 2.63. The molecule has 7 heteroatoms. The Morgan fingerprint density at radius 1 is 1.21 bits per heavy atom. The molecule has 0 saturated heterocycles. The van der Waals surface area contributed by atoms with E-state index in [4.69, 9.17) is 6.42 Å². The molecule has 0 bridgehead atoms. The van der Waals surface area contributed by atoms with Gasteiger partial charge in [-0.05, 0) is 42.7 Å². The molecule has 1 fully saturated rings. The lowest BCUT2D eigenvalue weighted by atomic mass is 9.95. The number of terminal acetylenes is 1. The summed E-state index contributed by atoms with van der Waals surface area (Å²) in [6.45, 7) is 0.603. The molecule has 2 aromatic carbocycles. The highest BCUT2D eigenvalue weighted by atomic mass is 127. The standard InChI is InChI=1S/C22H23FN4O.HI/c1-3-16-7-6-8-17(13-16)27-20(28)14-25-21(24-2)26-15-22(11-12-22)18-9-4-5-10-19(18)23;/h1,4-10,13H,11-12,14-15H2,2H3,(H,27,28)(H2,24,25,26);1H. The van der Waals surface area contributed by atoms with Crippen LogP contribution in [0.15, 0.2) is 53.5 Å². The number of hydrogen-bond donors (Lipinski definition) is 3. The van der Waals surface area contributed by atoms with E-state index < -0.39 is 0 Å². The number of nitrogens with zero attached hydrogens (tertiary/aromatic N) is 1. The maximum atomic E-state index is 14.1. The van der Waals surface area contributed by atoms with Gasteiger partial charge in [-0.2, -0.15) is 0 Å². The van der Waals surface area contributed by atoms with E-state index in [0.717, 1.165) is 18.4 Å². The predicted molar refractivity (Wildman–Crippen MR) is 125 cm³/mol. The number of benzene rings is 2. The van der Waals surface area contributed by atoms with Gasteiger partial charge in [-0.25, -0.2) is 4.39 Å². The largest absolute Gasteiger partial charge is 0.356 e. The fourth-order valence-corrected chi connectivity index (χ4v) is 3.11. The number of rotatable bonds is 6. The molecule has 1 aliphatic carbocycles. The van der Waals surface area contributed by atoms with Gasteiger partial charge in [-0.1, -0.05) is 30.2 Å². The van der Waals surface area contributed by atoms with Crippen LogP contribution in [0.25, 0.3) is 0 Å². The van der Waals surface area contributed by atoms with Crippen molar-refractivity contribution in [1.29, 1.82) is 0 Å². The minimum Gasteiger partial charge on any atom is -0.356 e. The molecule has 1 aliphatic rings. The van der Waals surface area contributed by atoms with Gasteiger partial charge in [0.25, 0.3) is 0 Å². The maximum Gasteiger partial charge on any atom is 0.243 e. The molecule has 1 amide bonds. The van der Waals surface area contributed by atoms with Crippen LogP contribution >= 0.6 is 24.0 Å². The fraction of sp³-hybridized carbons (Fsp3) is 0.273. The lowest BCUT2D eigenvalue weighted by Gasteiger charge is -2.19. The molecule has 0 spiro atoms. The molecule has 0 heterocycles. The third kappa shape index (κ3) is 5.94. The van der Waals surface area contributed by atoms with Crippen molar-refractivity contribution in [3.05, 3.63) is 65.5 Å². The van der Waals surface area contributed by atoms with E-state index in [1.807, 2.05) is 12.1 Å². The zero-order chi connectivity index (χ0) is 20.0. The summed E-state index contributed by atoms with van der Waals surface area (Å²) in [6, 6.07) is 14.0. The van der Waals surface area contributed by atoms with Crippen LogP contribution in [-0.2, 0) is 10.2 Å². The highest BCUT2D eigenvalue weighted by Gasteiger charge is 2.45. The molecule has 0 aromatic heterocycles. The van der Waals surface area contributed by atoms with E-state index in [9.17, 15) is 9.18 Å². The second-order valence-electron chi connectivity index (χ2n) is 6.81. The second-order valence-corrected chi connectivity index (χ2v) is 6.81. The Hall–Kier alpha value is -2.60. The molecule has 29 heavy (non-hydrogen) atoms. The molecule has 152 valence electrons. The molecule has 0 aliphatic heterocycles. The van der Waals surface area contributed by atoms with E-state index in [2.05, 4.69) is 26.9 Å². The fourth-order valence-electron chi connectivity index (χ4n) is 3.11. The number of aliphatic imine (C=N–C) groups is 1. The van der Waals surface area contributed by atoms with Crippen LogP contribution in [0.2, 0.25) is 0 Å². The Kier molecular flexibility index (Phi) is 8.02. The number of hydrogen-bond acceptors (Lipinski definition) is 2. The number of carbonyl (C=O) groups is 1. The van der Waals surface area contributed by atoms with Crippen molar-refractivity contribution in [2.24, 2.45) is 4.99 Å². The Morgan fingerprint density at radius 3 is 2.62 bits per heavy atom. The first kappa shape index (κ1) is 22.7. The molecule has 0 radical (unpaired) electrons. The zero-order valence-electron chi connectivity index (χ0n) is 16.2. The normalized spacial score (nSPS) is 14.2. The number of amides is 1. The maximum absolute atomic E-state index is 14.1. The molecule has 3 rings (SSSR count). The lowest BCUT2D eigenvalue weighted by Crippen LogP contribution is -2.44. The number of nitrogens with one attached hydrogen (secondary N) is 3. The molecule has 2 aromatic rings. The van der Waals surface area contributed by atoms with E-state index >= 15 is 0 Å². The zero-order valence-corrected chi connectivity index (χ0v) is 18.5. The van der Waals surface area contributed by atoms with Gasteiger partial charge in [0, 0.05) is 30.3 Å². The number of anilines is 1. The molecule has 0 atom stereocenters. The molecule has 5 nitrogen and oxygen atoms in total. The van der Waals surface area contributed by atoms with Crippen LogP contribution in [0, 0.1) is 18.2 Å². The third-order valence-electron chi connectivity index (χ3n) is 4.85. The first-order valence-electron chi connectivity index (χ1n) is 9.12. The first-order valence-corrected chi connectivity index (χ1v) is 9.12. The van der Waals surface area contributed by atoms with Gasteiger partial charge < -0.3 is 16.0 Å². The predicted octanol–water partition coefficient (Wildman–Crippen LogP) is 3.26. The highest BCUT2D eigenvalue weighted by Crippen LogP contribution is 2.48. The van der Waals surface area contributed by atoms with Gasteiger partial charge in [0.15, 0.2) is 5.96 Å². The summed E-state index contributed by atoms with van der Waals surface area (Å²) in [5, 5.41) is 8.96. The Morgan fingerprint density at radius 2 is 1.97 bits per heavy atom. The summed E-state index contributed by atoms with van der Waals surface area (Å²) in [7, 11) is 1.63. The van der Waals surface area contributed by atoms with Crippen molar-refractivity contribution in [3.63, 3.8) is 0 Å². The SMILES string of the molecule is C#Cc1cccc(NC(=O)CNC(=NC)NCC2(c3ccccc3F)CC2)c1.I. The topological polar surface area (TPSA) is 65.5 Å². The first-order chi connectivity index (χ1) is 13.6. The van der Waals surface area contributed by atoms with Gasteiger partial charge >= 0.3 is 0 Å². The van der Waals surface area contributed by atoms with Crippen LogP contribution in [-0.4, -0.2) is 32.0 Å². The second kappa shape index (κ2) is 10.3. The summed E-state index contributed by atoms with van der Waals surface area (Å²) < 4.78 is 14.1. The number of halogens is 2. The molecular formula is C22H24FIN4O. The van der Waals surface area contributed by atoms with E-state index in [1.165, 1.54) is 6.07 Å². The van der Waals surface area contributed by atoms with Crippen molar-refractivity contribution in [3.8, 4) is 12.3 Å². The number of guanidine groups is 1. The van der Waals surface area contributed by atoms with Gasteiger partial charge in [0.05, 0.1) is 6.54 Å². The summed E-state index contributed by atoms with van der Waals surface area (Å²) >= 11 is 0. The molecule has 3 N–H and O–H groups in total. The van der Waals surface area contributed by atoms with Crippen LogP contribution in [0.1, 0.15) is 24.0 Å². The third-order valence-corrected chi connectivity index (χ3v) is 4.85. The quantitative estimate of drug-likeness (QED) is 0.244. The van der Waals surface area contributed by atoms with Crippen LogP contribution in [0.5, 0.6) is 0 Å². The minimum absolute atomic E-state index is 0. The molecule has 1 saturated carbocycles. The Balaban J connectivity index is 0.00000300. The van der Waals surface area contributed by atoms with Gasteiger partial charge in [0.1, 0.15) is 5.82 Å². The summed E-state index contributed by atoms with van der Waals surface area (Å²) in [5.41, 5.74) is 1.86. The van der Waals surface area contributed by atoms with Gasteiger partial charge in [-0.3, -0.25) is 9.79 Å².